The molecule has 6 nitrogen and oxygen atoms in total. The minimum absolute atomic E-state index is 0.104. The first kappa shape index (κ1) is 21.9. The molecule has 2 aromatic heterocycles. The molecule has 0 saturated heterocycles. The second-order valence-corrected chi connectivity index (χ2v) is 6.46. The van der Waals surface area contributed by atoms with Gasteiger partial charge in [0.05, 0.1) is 18.1 Å². The lowest BCUT2D eigenvalue weighted by Gasteiger charge is -2.19. The normalized spacial score (nSPS) is 11.5. The van der Waals surface area contributed by atoms with Crippen LogP contribution in [0.4, 0.5) is 18.9 Å². The molecule has 2 rings (SSSR count). The van der Waals surface area contributed by atoms with Gasteiger partial charge in [0.2, 0.25) is 5.91 Å². The zero-order chi connectivity index (χ0) is 20.7. The van der Waals surface area contributed by atoms with Gasteiger partial charge in [0.25, 0.3) is 0 Å². The molecule has 1 amide bonds. The Labute approximate surface area is 165 Å². The van der Waals surface area contributed by atoms with Crippen molar-refractivity contribution < 1.29 is 22.8 Å². The second-order valence-electron chi connectivity index (χ2n) is 6.11. The standard InChI is InChI=1S/C18H20ClF3N4O2/c1-2-25(16(28)8-7-14(27)6-3-9-18(20,21)22)15-12-26(24-17(15)19)13-5-4-10-23-11-13/h4-5,10-12H,2-3,6-9H2,1H3. The van der Waals surface area contributed by atoms with Crippen LogP contribution in [0.3, 0.4) is 0 Å². The van der Waals surface area contributed by atoms with Crippen molar-refractivity contribution in [2.75, 3.05) is 11.4 Å². The van der Waals surface area contributed by atoms with Gasteiger partial charge in [-0.25, -0.2) is 4.68 Å². The van der Waals surface area contributed by atoms with E-state index >= 15 is 0 Å². The summed E-state index contributed by atoms with van der Waals surface area (Å²) in [5.41, 5.74) is 1.06. The molecule has 0 aliphatic rings. The molecule has 0 aromatic carbocycles. The number of hydrogen-bond donors (Lipinski definition) is 0. The molecule has 0 saturated carbocycles. The molecular weight excluding hydrogens is 397 g/mol. The summed E-state index contributed by atoms with van der Waals surface area (Å²) in [6.45, 7) is 2.06. The van der Waals surface area contributed by atoms with Gasteiger partial charge < -0.3 is 4.90 Å². The number of ketones is 1. The number of anilines is 1. The van der Waals surface area contributed by atoms with Crippen LogP contribution in [-0.2, 0) is 9.59 Å². The van der Waals surface area contributed by atoms with Crippen LogP contribution in [0.1, 0.15) is 39.0 Å². The minimum Gasteiger partial charge on any atom is -0.308 e. The number of nitrogens with zero attached hydrogens (tertiary/aromatic N) is 4. The van der Waals surface area contributed by atoms with Gasteiger partial charge in [-0.1, -0.05) is 11.6 Å². The Hall–Kier alpha value is -2.42. The molecule has 2 heterocycles. The molecule has 152 valence electrons. The first-order valence-corrected chi connectivity index (χ1v) is 9.13. The third kappa shape index (κ3) is 6.33. The van der Waals surface area contributed by atoms with Gasteiger partial charge in [-0.2, -0.15) is 18.3 Å². The maximum absolute atomic E-state index is 12.5. The lowest BCUT2D eigenvalue weighted by Crippen LogP contribution is -2.30. The highest BCUT2D eigenvalue weighted by Gasteiger charge is 2.27. The second kappa shape index (κ2) is 9.68. The molecule has 0 bridgehead atoms. The van der Waals surface area contributed by atoms with Gasteiger partial charge >= 0.3 is 6.18 Å². The maximum atomic E-state index is 12.5. The van der Waals surface area contributed by atoms with Crippen LogP contribution < -0.4 is 4.90 Å². The lowest BCUT2D eigenvalue weighted by molar-refractivity contribution is -0.137. The molecule has 10 heteroatoms. The van der Waals surface area contributed by atoms with Gasteiger partial charge in [0, 0.05) is 38.4 Å². The van der Waals surface area contributed by atoms with Crippen LogP contribution in [0.5, 0.6) is 0 Å². The Morgan fingerprint density at radius 3 is 2.61 bits per heavy atom. The third-order valence-corrected chi connectivity index (χ3v) is 4.27. The molecule has 0 aliphatic carbocycles. The SMILES string of the molecule is CCN(C(=O)CCC(=O)CCCC(F)(F)F)c1cn(-c2cccnc2)nc1Cl. The smallest absolute Gasteiger partial charge is 0.308 e. The summed E-state index contributed by atoms with van der Waals surface area (Å²) in [7, 11) is 0. The fraction of sp³-hybridized carbons (Fsp3) is 0.444. The van der Waals surface area contributed by atoms with E-state index in [1.54, 1.807) is 37.6 Å². The summed E-state index contributed by atoms with van der Waals surface area (Å²) < 4.78 is 37.9. The largest absolute Gasteiger partial charge is 0.389 e. The van der Waals surface area contributed by atoms with E-state index in [2.05, 4.69) is 10.1 Å². The van der Waals surface area contributed by atoms with Gasteiger partial charge in [-0.15, -0.1) is 0 Å². The maximum Gasteiger partial charge on any atom is 0.389 e. The summed E-state index contributed by atoms with van der Waals surface area (Å²) in [5, 5.41) is 4.29. The zero-order valence-corrected chi connectivity index (χ0v) is 16.0. The van der Waals surface area contributed by atoms with E-state index < -0.39 is 12.6 Å². The van der Waals surface area contributed by atoms with E-state index in [1.165, 1.54) is 9.58 Å². The van der Waals surface area contributed by atoms with Crippen molar-refractivity contribution in [2.45, 2.75) is 45.2 Å². The highest BCUT2D eigenvalue weighted by Crippen LogP contribution is 2.27. The van der Waals surface area contributed by atoms with E-state index in [9.17, 15) is 22.8 Å². The average molecular weight is 417 g/mol. The fourth-order valence-corrected chi connectivity index (χ4v) is 2.85. The Morgan fingerprint density at radius 1 is 1.25 bits per heavy atom. The van der Waals surface area contributed by atoms with E-state index in [1.807, 2.05) is 0 Å². The molecule has 0 atom stereocenters. The lowest BCUT2D eigenvalue weighted by atomic mass is 10.1. The highest BCUT2D eigenvalue weighted by atomic mass is 35.5. The quantitative estimate of drug-likeness (QED) is 0.609. The molecule has 0 unspecified atom stereocenters. The van der Waals surface area contributed by atoms with E-state index in [4.69, 9.17) is 11.6 Å². The molecule has 28 heavy (non-hydrogen) atoms. The monoisotopic (exact) mass is 416 g/mol. The number of carbonyl (C=O) groups excluding carboxylic acids is 2. The number of rotatable bonds is 9. The Kier molecular flexibility index (Phi) is 7.56. The summed E-state index contributed by atoms with van der Waals surface area (Å²) in [6, 6.07) is 3.51. The Morgan fingerprint density at radius 2 is 2.00 bits per heavy atom. The van der Waals surface area contributed by atoms with Crippen LogP contribution in [0.25, 0.3) is 5.69 Å². The number of halogens is 4. The van der Waals surface area contributed by atoms with Crippen molar-refractivity contribution in [3.63, 3.8) is 0 Å². The number of aromatic nitrogens is 3. The number of pyridine rings is 1. The van der Waals surface area contributed by atoms with Crippen LogP contribution in [-0.4, -0.2) is 39.2 Å². The van der Waals surface area contributed by atoms with Crippen molar-refractivity contribution in [3.8, 4) is 5.69 Å². The summed E-state index contributed by atoms with van der Waals surface area (Å²) >= 11 is 6.17. The van der Waals surface area contributed by atoms with Crippen molar-refractivity contribution in [3.05, 3.63) is 35.9 Å². The predicted molar refractivity (Wildman–Crippen MR) is 98.5 cm³/mol. The fourth-order valence-electron chi connectivity index (χ4n) is 2.62. The number of amides is 1. The molecule has 0 radical (unpaired) electrons. The van der Waals surface area contributed by atoms with Crippen LogP contribution in [0.2, 0.25) is 5.15 Å². The van der Waals surface area contributed by atoms with Gasteiger partial charge in [0.1, 0.15) is 11.5 Å². The molecule has 0 fully saturated rings. The van der Waals surface area contributed by atoms with Crippen molar-refractivity contribution >= 4 is 29.0 Å². The van der Waals surface area contributed by atoms with E-state index in [-0.39, 0.29) is 42.5 Å². The van der Waals surface area contributed by atoms with Crippen LogP contribution >= 0.6 is 11.6 Å². The van der Waals surface area contributed by atoms with Crippen molar-refractivity contribution in [1.82, 2.24) is 14.8 Å². The van der Waals surface area contributed by atoms with E-state index in [0.29, 0.717) is 17.9 Å². The Bertz CT molecular complexity index is 809. The van der Waals surface area contributed by atoms with Crippen molar-refractivity contribution in [2.24, 2.45) is 0 Å². The number of Topliss-reactive ketones (excluding diaryl/α,β-unsaturated/α-hetero) is 1. The summed E-state index contributed by atoms with van der Waals surface area (Å²) in [4.78, 5) is 29.6. The molecule has 0 spiro atoms. The highest BCUT2D eigenvalue weighted by molar-refractivity contribution is 6.32. The zero-order valence-electron chi connectivity index (χ0n) is 15.2. The van der Waals surface area contributed by atoms with Gasteiger partial charge in [-0.3, -0.25) is 14.6 Å². The third-order valence-electron chi connectivity index (χ3n) is 4.00. The predicted octanol–water partition coefficient (Wildman–Crippen LogP) is 4.36. The number of carbonyl (C=O) groups is 2. The molecule has 2 aromatic rings. The number of hydrogen-bond acceptors (Lipinski definition) is 4. The summed E-state index contributed by atoms with van der Waals surface area (Å²) in [6.07, 6.45) is -1.16. The van der Waals surface area contributed by atoms with Crippen molar-refractivity contribution in [1.29, 1.82) is 0 Å². The van der Waals surface area contributed by atoms with Crippen LogP contribution in [0, 0.1) is 0 Å². The molecule has 0 N–H and O–H groups in total. The first-order chi connectivity index (χ1) is 13.2. The minimum atomic E-state index is -4.28. The number of alkyl halides is 3. The van der Waals surface area contributed by atoms with Gasteiger partial charge in [0.15, 0.2) is 5.15 Å². The molecular formula is C18H20ClF3N4O2. The Balaban J connectivity index is 1.96. The first-order valence-electron chi connectivity index (χ1n) is 8.75. The summed E-state index contributed by atoms with van der Waals surface area (Å²) in [5.74, 6) is -0.717. The topological polar surface area (TPSA) is 68.1 Å². The molecule has 0 aliphatic heterocycles. The van der Waals surface area contributed by atoms with Gasteiger partial charge in [-0.05, 0) is 25.5 Å². The van der Waals surface area contributed by atoms with E-state index in [0.717, 1.165) is 0 Å². The average Bonchev–Trinajstić information content (AvgIpc) is 3.02. The van der Waals surface area contributed by atoms with Crippen LogP contribution in [0.15, 0.2) is 30.7 Å².